The number of hydrogen-bond acceptors (Lipinski definition) is 1. The molecular formula is C11H22N2O. The van der Waals surface area contributed by atoms with E-state index >= 15 is 0 Å². The number of hydrogen-bond donors (Lipinski definition) is 0. The fourth-order valence-electron chi connectivity index (χ4n) is 2.18. The minimum atomic E-state index is 0.121. The fraction of sp³-hybridized carbons (Fsp3) is 0.909. The lowest BCUT2D eigenvalue weighted by atomic mass is 9.89. The van der Waals surface area contributed by atoms with Crippen molar-refractivity contribution in [3.8, 4) is 0 Å². The Kier molecular flexibility index (Phi) is 4.23. The van der Waals surface area contributed by atoms with Gasteiger partial charge in [-0.05, 0) is 18.8 Å². The SMILES string of the molecule is CN(C)C(=O)N(C)CC1CCCCC1. The van der Waals surface area contributed by atoms with Gasteiger partial charge in [-0.3, -0.25) is 0 Å². The van der Waals surface area contributed by atoms with Gasteiger partial charge in [0.2, 0.25) is 0 Å². The summed E-state index contributed by atoms with van der Waals surface area (Å²) in [5.74, 6) is 0.734. The first kappa shape index (κ1) is 11.3. The standard InChI is InChI=1S/C11H22N2O/c1-12(2)11(14)13(3)9-10-7-5-4-6-8-10/h10H,4-9H2,1-3H3. The van der Waals surface area contributed by atoms with Crippen molar-refractivity contribution in [2.24, 2.45) is 5.92 Å². The van der Waals surface area contributed by atoms with E-state index in [4.69, 9.17) is 0 Å². The molecule has 1 aliphatic rings. The number of urea groups is 1. The quantitative estimate of drug-likeness (QED) is 0.667. The summed E-state index contributed by atoms with van der Waals surface area (Å²) in [7, 11) is 5.51. The second kappa shape index (κ2) is 5.23. The molecule has 0 aromatic rings. The van der Waals surface area contributed by atoms with Crippen LogP contribution in [-0.2, 0) is 0 Å². The van der Waals surface area contributed by atoms with Crippen LogP contribution in [0.4, 0.5) is 4.79 Å². The molecule has 0 aromatic heterocycles. The molecule has 0 bridgehead atoms. The molecule has 0 saturated heterocycles. The second-order valence-electron chi connectivity index (χ2n) is 4.56. The normalized spacial score (nSPS) is 17.9. The molecule has 3 heteroatoms. The van der Waals surface area contributed by atoms with E-state index < -0.39 is 0 Å². The van der Waals surface area contributed by atoms with E-state index in [2.05, 4.69) is 0 Å². The van der Waals surface area contributed by atoms with Crippen LogP contribution in [0.25, 0.3) is 0 Å². The molecule has 0 radical (unpaired) electrons. The lowest BCUT2D eigenvalue weighted by Gasteiger charge is -2.28. The molecule has 0 N–H and O–H groups in total. The van der Waals surface area contributed by atoms with Crippen LogP contribution in [0.3, 0.4) is 0 Å². The van der Waals surface area contributed by atoms with Crippen LogP contribution in [0.1, 0.15) is 32.1 Å². The zero-order valence-electron chi connectivity index (χ0n) is 9.62. The molecule has 14 heavy (non-hydrogen) atoms. The molecule has 0 aliphatic heterocycles. The van der Waals surface area contributed by atoms with Crippen molar-refractivity contribution in [2.45, 2.75) is 32.1 Å². The summed E-state index contributed by atoms with van der Waals surface area (Å²) < 4.78 is 0. The zero-order valence-corrected chi connectivity index (χ0v) is 9.62. The fourth-order valence-corrected chi connectivity index (χ4v) is 2.18. The van der Waals surface area contributed by atoms with Gasteiger partial charge in [0.15, 0.2) is 0 Å². The van der Waals surface area contributed by atoms with Crippen molar-refractivity contribution in [3.63, 3.8) is 0 Å². The number of nitrogens with zero attached hydrogens (tertiary/aromatic N) is 2. The summed E-state index contributed by atoms with van der Waals surface area (Å²) in [5, 5.41) is 0. The summed E-state index contributed by atoms with van der Waals surface area (Å²) in [4.78, 5) is 15.1. The van der Waals surface area contributed by atoms with Gasteiger partial charge in [-0.2, -0.15) is 0 Å². The summed E-state index contributed by atoms with van der Waals surface area (Å²) in [5.41, 5.74) is 0. The highest BCUT2D eigenvalue weighted by atomic mass is 16.2. The van der Waals surface area contributed by atoms with E-state index in [1.54, 1.807) is 19.0 Å². The minimum Gasteiger partial charge on any atom is -0.331 e. The Bertz CT molecular complexity index is 186. The van der Waals surface area contributed by atoms with Crippen molar-refractivity contribution >= 4 is 6.03 Å². The van der Waals surface area contributed by atoms with Crippen molar-refractivity contribution in [2.75, 3.05) is 27.7 Å². The average molecular weight is 198 g/mol. The predicted octanol–water partition coefficient (Wildman–Crippen LogP) is 2.18. The van der Waals surface area contributed by atoms with E-state index in [-0.39, 0.29) is 6.03 Å². The van der Waals surface area contributed by atoms with Gasteiger partial charge < -0.3 is 9.80 Å². The number of rotatable bonds is 2. The van der Waals surface area contributed by atoms with Crippen molar-refractivity contribution in [1.82, 2.24) is 9.80 Å². The van der Waals surface area contributed by atoms with Crippen LogP contribution in [-0.4, -0.2) is 43.5 Å². The molecule has 1 aliphatic carbocycles. The number of amides is 2. The highest BCUT2D eigenvalue weighted by Crippen LogP contribution is 2.24. The van der Waals surface area contributed by atoms with E-state index in [0.717, 1.165) is 12.5 Å². The molecule has 0 heterocycles. The van der Waals surface area contributed by atoms with Crippen LogP contribution in [0, 0.1) is 5.92 Å². The van der Waals surface area contributed by atoms with Gasteiger partial charge in [0, 0.05) is 27.7 Å². The van der Waals surface area contributed by atoms with Gasteiger partial charge in [0.05, 0.1) is 0 Å². The van der Waals surface area contributed by atoms with Crippen molar-refractivity contribution < 1.29 is 4.79 Å². The Morgan fingerprint density at radius 3 is 2.21 bits per heavy atom. The Morgan fingerprint density at radius 1 is 1.14 bits per heavy atom. The van der Waals surface area contributed by atoms with Gasteiger partial charge in [-0.25, -0.2) is 4.79 Å². The molecule has 0 aromatic carbocycles. The van der Waals surface area contributed by atoms with Crippen LogP contribution in [0.5, 0.6) is 0 Å². The molecule has 0 unspecified atom stereocenters. The molecule has 1 rings (SSSR count). The first-order valence-electron chi connectivity index (χ1n) is 5.53. The van der Waals surface area contributed by atoms with Gasteiger partial charge in [-0.15, -0.1) is 0 Å². The predicted molar refractivity (Wildman–Crippen MR) is 58.3 cm³/mol. The van der Waals surface area contributed by atoms with E-state index in [1.165, 1.54) is 32.1 Å². The molecule has 0 spiro atoms. The Labute approximate surface area is 87.1 Å². The van der Waals surface area contributed by atoms with Crippen LogP contribution >= 0.6 is 0 Å². The Morgan fingerprint density at radius 2 is 1.71 bits per heavy atom. The van der Waals surface area contributed by atoms with Crippen molar-refractivity contribution in [3.05, 3.63) is 0 Å². The minimum absolute atomic E-state index is 0.121. The Hall–Kier alpha value is -0.730. The van der Waals surface area contributed by atoms with E-state index in [0.29, 0.717) is 0 Å². The maximum atomic E-state index is 11.6. The van der Waals surface area contributed by atoms with Gasteiger partial charge >= 0.3 is 6.03 Å². The lowest BCUT2D eigenvalue weighted by Crippen LogP contribution is -2.39. The summed E-state index contributed by atoms with van der Waals surface area (Å²) in [6, 6.07) is 0.121. The molecular weight excluding hydrogens is 176 g/mol. The largest absolute Gasteiger partial charge is 0.331 e. The lowest BCUT2D eigenvalue weighted by molar-refractivity contribution is 0.168. The van der Waals surface area contributed by atoms with Crippen molar-refractivity contribution in [1.29, 1.82) is 0 Å². The van der Waals surface area contributed by atoms with Gasteiger partial charge in [0.1, 0.15) is 0 Å². The number of carbonyl (C=O) groups excluding carboxylic acids is 1. The third kappa shape index (κ3) is 3.20. The molecule has 0 atom stereocenters. The highest BCUT2D eigenvalue weighted by Gasteiger charge is 2.18. The third-order valence-electron chi connectivity index (χ3n) is 2.97. The van der Waals surface area contributed by atoms with E-state index in [1.807, 2.05) is 11.9 Å². The second-order valence-corrected chi connectivity index (χ2v) is 4.56. The number of carbonyl (C=O) groups is 1. The first-order chi connectivity index (χ1) is 6.61. The van der Waals surface area contributed by atoms with Crippen LogP contribution in [0.2, 0.25) is 0 Å². The molecule has 2 amide bonds. The maximum Gasteiger partial charge on any atom is 0.319 e. The summed E-state index contributed by atoms with van der Waals surface area (Å²) in [6.07, 6.45) is 6.65. The Balaban J connectivity index is 2.31. The third-order valence-corrected chi connectivity index (χ3v) is 2.97. The van der Waals surface area contributed by atoms with Gasteiger partial charge in [-0.1, -0.05) is 19.3 Å². The summed E-state index contributed by atoms with van der Waals surface area (Å²) in [6.45, 7) is 0.928. The summed E-state index contributed by atoms with van der Waals surface area (Å²) >= 11 is 0. The molecule has 82 valence electrons. The van der Waals surface area contributed by atoms with E-state index in [9.17, 15) is 4.79 Å². The maximum absolute atomic E-state index is 11.6. The monoisotopic (exact) mass is 198 g/mol. The van der Waals surface area contributed by atoms with Crippen LogP contribution in [0.15, 0.2) is 0 Å². The smallest absolute Gasteiger partial charge is 0.319 e. The highest BCUT2D eigenvalue weighted by molar-refractivity contribution is 5.73. The topological polar surface area (TPSA) is 23.6 Å². The molecule has 3 nitrogen and oxygen atoms in total. The first-order valence-corrected chi connectivity index (χ1v) is 5.53. The zero-order chi connectivity index (χ0) is 10.6. The molecule has 1 saturated carbocycles. The molecule has 1 fully saturated rings. The average Bonchev–Trinajstić information content (AvgIpc) is 2.18. The van der Waals surface area contributed by atoms with Crippen LogP contribution < -0.4 is 0 Å². The van der Waals surface area contributed by atoms with Gasteiger partial charge in [0.25, 0.3) is 0 Å².